The van der Waals surface area contributed by atoms with Gasteiger partial charge < -0.3 is 19.3 Å². The van der Waals surface area contributed by atoms with Gasteiger partial charge in [-0.3, -0.25) is 15.0 Å². The van der Waals surface area contributed by atoms with Crippen molar-refractivity contribution >= 4 is 23.0 Å². The van der Waals surface area contributed by atoms with E-state index in [0.717, 1.165) is 50.3 Å². The molecule has 210 valence electrons. The molecule has 2 saturated heterocycles. The molecule has 0 atom stereocenters. The van der Waals surface area contributed by atoms with Crippen LogP contribution in [0.15, 0.2) is 18.2 Å². The number of carbonyl (C=O) groups excluding carboxylic acids is 1. The maximum Gasteiger partial charge on any atom is 0.410 e. The number of alkyl halides is 2. The Morgan fingerprint density at radius 2 is 1.76 bits per heavy atom. The highest BCUT2D eigenvalue weighted by atomic mass is 19.3. The minimum Gasteiger partial charge on any atom is -0.490 e. The number of rotatable bonds is 5. The molecule has 2 heterocycles. The number of hydrogen-bond donors (Lipinski definition) is 0. The highest BCUT2D eigenvalue weighted by Crippen LogP contribution is 2.44. The van der Waals surface area contributed by atoms with Crippen LogP contribution in [0.4, 0.5) is 25.0 Å². The van der Waals surface area contributed by atoms with Gasteiger partial charge in [0.1, 0.15) is 5.60 Å². The van der Waals surface area contributed by atoms with E-state index in [1.807, 2.05) is 20.8 Å². The van der Waals surface area contributed by atoms with E-state index >= 15 is 0 Å². The Bertz CT molecular complexity index is 1070. The summed E-state index contributed by atoms with van der Waals surface area (Å²) in [5.74, 6) is -2.58. The van der Waals surface area contributed by atoms with Crippen LogP contribution in [-0.2, 0) is 4.74 Å². The molecule has 0 radical (unpaired) electrons. The first-order chi connectivity index (χ1) is 17.9. The lowest BCUT2D eigenvalue weighted by Gasteiger charge is -2.43. The number of methoxy groups -OCH3 is 1. The zero-order valence-electron chi connectivity index (χ0n) is 22.7. The maximum atomic E-state index is 13.8. The van der Waals surface area contributed by atoms with Crippen molar-refractivity contribution in [3.05, 3.63) is 33.9 Å². The molecule has 11 heteroatoms. The van der Waals surface area contributed by atoms with Gasteiger partial charge in [0.15, 0.2) is 5.75 Å². The van der Waals surface area contributed by atoms with Gasteiger partial charge in [-0.1, -0.05) is 6.08 Å². The number of anilines is 1. The second-order valence-electron chi connectivity index (χ2n) is 11.3. The van der Waals surface area contributed by atoms with Crippen molar-refractivity contribution in [3.63, 3.8) is 0 Å². The highest BCUT2D eigenvalue weighted by Gasteiger charge is 2.35. The number of halogens is 2. The Morgan fingerprint density at radius 1 is 1.11 bits per heavy atom. The number of ether oxygens (including phenoxy) is 2. The van der Waals surface area contributed by atoms with Gasteiger partial charge in [-0.05, 0) is 45.6 Å². The van der Waals surface area contributed by atoms with Crippen LogP contribution in [0.2, 0.25) is 0 Å². The van der Waals surface area contributed by atoms with Crippen LogP contribution in [0.3, 0.4) is 0 Å². The second kappa shape index (κ2) is 11.0. The average Bonchev–Trinajstić information content (AvgIpc) is 2.87. The zero-order valence-corrected chi connectivity index (χ0v) is 22.7. The summed E-state index contributed by atoms with van der Waals surface area (Å²) in [4.78, 5) is 30.0. The molecule has 1 amide bonds. The lowest BCUT2D eigenvalue weighted by atomic mass is 9.89. The quantitative estimate of drug-likeness (QED) is 0.371. The third-order valence-corrected chi connectivity index (χ3v) is 7.53. The van der Waals surface area contributed by atoms with Crippen molar-refractivity contribution in [2.24, 2.45) is 0 Å². The van der Waals surface area contributed by atoms with Crippen LogP contribution in [0, 0.1) is 10.1 Å². The number of nitro benzene ring substituents is 1. The first-order valence-corrected chi connectivity index (χ1v) is 13.3. The minimum atomic E-state index is -2.74. The van der Waals surface area contributed by atoms with E-state index in [4.69, 9.17) is 9.47 Å². The van der Waals surface area contributed by atoms with E-state index in [1.54, 1.807) is 11.0 Å². The van der Waals surface area contributed by atoms with Crippen LogP contribution >= 0.6 is 0 Å². The monoisotopic (exact) mass is 536 g/mol. The van der Waals surface area contributed by atoms with Crippen LogP contribution < -0.4 is 9.64 Å². The van der Waals surface area contributed by atoms with E-state index in [-0.39, 0.29) is 36.8 Å². The number of nitro groups is 1. The fourth-order valence-corrected chi connectivity index (χ4v) is 5.49. The van der Waals surface area contributed by atoms with Gasteiger partial charge in [0.05, 0.1) is 12.0 Å². The molecule has 0 saturated carbocycles. The molecule has 2 aliphatic heterocycles. The van der Waals surface area contributed by atoms with E-state index < -0.39 is 16.4 Å². The van der Waals surface area contributed by atoms with Gasteiger partial charge in [0.25, 0.3) is 5.92 Å². The van der Waals surface area contributed by atoms with Crippen molar-refractivity contribution in [1.82, 2.24) is 9.80 Å². The molecule has 0 N–H and O–H groups in total. The van der Waals surface area contributed by atoms with Crippen LogP contribution in [-0.4, -0.2) is 84.8 Å². The third kappa shape index (κ3) is 6.54. The largest absolute Gasteiger partial charge is 0.490 e. The molecule has 9 nitrogen and oxygen atoms in total. The van der Waals surface area contributed by atoms with Gasteiger partial charge in [0.2, 0.25) is 0 Å². The van der Waals surface area contributed by atoms with Crippen molar-refractivity contribution in [1.29, 1.82) is 0 Å². The van der Waals surface area contributed by atoms with E-state index in [2.05, 4.69) is 9.80 Å². The van der Waals surface area contributed by atoms with Crippen molar-refractivity contribution in [2.75, 3.05) is 51.3 Å². The van der Waals surface area contributed by atoms with Crippen LogP contribution in [0.25, 0.3) is 5.57 Å². The second-order valence-corrected chi connectivity index (χ2v) is 11.3. The summed E-state index contributed by atoms with van der Waals surface area (Å²) in [6.07, 6.45) is 2.57. The van der Waals surface area contributed by atoms with Crippen molar-refractivity contribution < 1.29 is 28.0 Å². The Morgan fingerprint density at radius 3 is 2.29 bits per heavy atom. The predicted molar refractivity (Wildman–Crippen MR) is 141 cm³/mol. The standard InChI is InChI=1S/C27H38F2N4O5/c1-26(2,3)38-25(34)32-15-13-30(14-16-32)20-7-11-31(12-8-20)22-18-24(37-4)23(33(35)36)17-21(22)19-5-9-27(28,29)10-6-19/h5,17-18,20H,6-16H2,1-4H3. The van der Waals surface area contributed by atoms with E-state index in [0.29, 0.717) is 24.7 Å². The number of carbonyl (C=O) groups is 1. The molecular formula is C27H38F2N4O5. The smallest absolute Gasteiger partial charge is 0.410 e. The van der Waals surface area contributed by atoms with E-state index in [9.17, 15) is 23.7 Å². The molecule has 0 aromatic heterocycles. The maximum absolute atomic E-state index is 13.8. The van der Waals surface area contributed by atoms with E-state index in [1.165, 1.54) is 19.3 Å². The molecule has 4 rings (SSSR count). The summed E-state index contributed by atoms with van der Waals surface area (Å²) in [5.41, 5.74) is 1.46. The Balaban J connectivity index is 1.45. The van der Waals surface area contributed by atoms with Crippen LogP contribution in [0.1, 0.15) is 58.4 Å². The average molecular weight is 537 g/mol. The SMILES string of the molecule is COc1cc(N2CCC(N3CCN(C(=O)OC(C)(C)C)CC3)CC2)c(C2=CCC(F)(F)CC2)cc1[N+](=O)[O-]. The number of piperazine rings is 1. The lowest BCUT2D eigenvalue weighted by Crippen LogP contribution is -2.55. The molecule has 0 spiro atoms. The first-order valence-electron chi connectivity index (χ1n) is 13.3. The number of allylic oxidation sites excluding steroid dienone is 2. The number of hydrogen-bond acceptors (Lipinski definition) is 7. The summed E-state index contributed by atoms with van der Waals surface area (Å²) in [6, 6.07) is 3.52. The Labute approximate surface area is 222 Å². The number of nitrogens with zero attached hydrogens (tertiary/aromatic N) is 4. The summed E-state index contributed by atoms with van der Waals surface area (Å²) >= 11 is 0. The van der Waals surface area contributed by atoms with Gasteiger partial charge in [-0.2, -0.15) is 0 Å². The third-order valence-electron chi connectivity index (χ3n) is 7.53. The summed E-state index contributed by atoms with van der Waals surface area (Å²) < 4.78 is 38.5. The van der Waals surface area contributed by atoms with Crippen molar-refractivity contribution in [2.45, 2.75) is 70.4 Å². The number of benzene rings is 1. The summed E-state index contributed by atoms with van der Waals surface area (Å²) in [5, 5.41) is 11.7. The fourth-order valence-electron chi connectivity index (χ4n) is 5.49. The van der Waals surface area contributed by atoms with Crippen molar-refractivity contribution in [3.8, 4) is 5.75 Å². The molecule has 1 aromatic carbocycles. The topological polar surface area (TPSA) is 88.4 Å². The molecule has 0 unspecified atom stereocenters. The van der Waals surface area contributed by atoms with Gasteiger partial charge in [-0.25, -0.2) is 13.6 Å². The Kier molecular flexibility index (Phi) is 8.15. The van der Waals surface area contributed by atoms with Gasteiger partial charge >= 0.3 is 11.8 Å². The normalized spacial score (nSPS) is 21.2. The molecular weight excluding hydrogens is 498 g/mol. The van der Waals surface area contributed by atoms with Gasteiger partial charge in [0, 0.05) is 81.5 Å². The summed E-state index contributed by atoms with van der Waals surface area (Å²) in [7, 11) is 1.40. The molecule has 38 heavy (non-hydrogen) atoms. The highest BCUT2D eigenvalue weighted by molar-refractivity contribution is 5.81. The predicted octanol–water partition coefficient (Wildman–Crippen LogP) is 5.33. The molecule has 3 aliphatic rings. The lowest BCUT2D eigenvalue weighted by molar-refractivity contribution is -0.385. The molecule has 0 bridgehead atoms. The summed E-state index contributed by atoms with van der Waals surface area (Å²) in [6.45, 7) is 9.85. The number of piperidine rings is 1. The van der Waals surface area contributed by atoms with Crippen LogP contribution in [0.5, 0.6) is 5.75 Å². The minimum absolute atomic E-state index is 0.163. The van der Waals surface area contributed by atoms with Gasteiger partial charge in [-0.15, -0.1) is 0 Å². The zero-order chi connectivity index (χ0) is 27.7. The first kappa shape index (κ1) is 28.1. The Hall–Kier alpha value is -2.95. The number of amides is 1. The molecule has 1 aliphatic carbocycles. The molecule has 2 fully saturated rings. The fraction of sp³-hybridized carbons (Fsp3) is 0.667. The molecule has 1 aromatic rings.